The van der Waals surface area contributed by atoms with Crippen molar-refractivity contribution in [1.82, 2.24) is 19.5 Å². The fourth-order valence-corrected chi connectivity index (χ4v) is 5.73. The normalized spacial score (nSPS) is 19.3. The largest absolute Gasteiger partial charge is 0.338 e. The van der Waals surface area contributed by atoms with E-state index in [9.17, 15) is 18.5 Å². The van der Waals surface area contributed by atoms with Gasteiger partial charge in [0.15, 0.2) is 5.82 Å². The Morgan fingerprint density at radius 2 is 1.85 bits per heavy atom. The Labute approximate surface area is 192 Å². The summed E-state index contributed by atoms with van der Waals surface area (Å²) in [5, 5.41) is 17.9. The van der Waals surface area contributed by atoms with Gasteiger partial charge in [0.1, 0.15) is 5.39 Å². The molecule has 33 heavy (non-hydrogen) atoms. The SMILES string of the molecule is CC(C)(C)NS(=O)(=O)c1ccc(Nc2nn(C3CCCCC3C#N)c3cc[nH]c(=O)c23)cc1. The maximum atomic E-state index is 12.7. The molecule has 2 heterocycles. The molecule has 2 unspecified atom stereocenters. The van der Waals surface area contributed by atoms with Crippen LogP contribution in [0.5, 0.6) is 0 Å². The molecule has 1 aliphatic rings. The Kier molecular flexibility index (Phi) is 6.03. The van der Waals surface area contributed by atoms with Crippen LogP contribution < -0.4 is 15.6 Å². The van der Waals surface area contributed by atoms with Crippen molar-refractivity contribution in [3.05, 3.63) is 46.9 Å². The van der Waals surface area contributed by atoms with E-state index in [-0.39, 0.29) is 22.4 Å². The van der Waals surface area contributed by atoms with Crippen LogP contribution in [0.3, 0.4) is 0 Å². The highest BCUT2D eigenvalue weighted by atomic mass is 32.2. The van der Waals surface area contributed by atoms with Crippen LogP contribution in [0.25, 0.3) is 10.9 Å². The minimum atomic E-state index is -3.65. The Morgan fingerprint density at radius 1 is 1.15 bits per heavy atom. The average molecular weight is 469 g/mol. The molecule has 0 radical (unpaired) electrons. The highest BCUT2D eigenvalue weighted by Gasteiger charge is 2.30. The fourth-order valence-electron chi connectivity index (χ4n) is 4.31. The number of nitrogens with zero attached hydrogens (tertiary/aromatic N) is 3. The van der Waals surface area contributed by atoms with E-state index >= 15 is 0 Å². The van der Waals surface area contributed by atoms with E-state index in [0.29, 0.717) is 22.4 Å². The number of H-pyrrole nitrogens is 1. The van der Waals surface area contributed by atoms with Gasteiger partial charge in [-0.05, 0) is 63.9 Å². The quantitative estimate of drug-likeness (QED) is 0.522. The summed E-state index contributed by atoms with van der Waals surface area (Å²) in [4.78, 5) is 15.5. The molecule has 1 saturated carbocycles. The van der Waals surface area contributed by atoms with Crippen LogP contribution in [-0.4, -0.2) is 28.7 Å². The van der Waals surface area contributed by atoms with Gasteiger partial charge in [0.25, 0.3) is 5.56 Å². The first kappa shape index (κ1) is 23.0. The maximum absolute atomic E-state index is 12.7. The van der Waals surface area contributed by atoms with Crippen molar-refractivity contribution in [3.63, 3.8) is 0 Å². The van der Waals surface area contributed by atoms with Crippen LogP contribution in [0, 0.1) is 17.2 Å². The van der Waals surface area contributed by atoms with E-state index in [1.165, 1.54) is 12.1 Å². The Bertz CT molecular complexity index is 1360. The molecule has 2 atom stereocenters. The number of anilines is 2. The number of nitrogens with one attached hydrogen (secondary N) is 3. The number of aromatic nitrogens is 3. The van der Waals surface area contributed by atoms with Gasteiger partial charge in [-0.3, -0.25) is 9.48 Å². The summed E-state index contributed by atoms with van der Waals surface area (Å²) in [6.07, 6.45) is 5.24. The molecule has 0 amide bonds. The molecule has 3 aromatic rings. The number of rotatable bonds is 5. The molecule has 1 aliphatic carbocycles. The molecule has 0 aliphatic heterocycles. The van der Waals surface area contributed by atoms with Gasteiger partial charge in [-0.1, -0.05) is 12.8 Å². The Balaban J connectivity index is 1.69. The summed E-state index contributed by atoms with van der Waals surface area (Å²) in [6, 6.07) is 10.4. The summed E-state index contributed by atoms with van der Waals surface area (Å²) in [5.74, 6) is 0.214. The van der Waals surface area contributed by atoms with Gasteiger partial charge in [0, 0.05) is 17.4 Å². The molecule has 1 fully saturated rings. The summed E-state index contributed by atoms with van der Waals surface area (Å²) < 4.78 is 29.5. The molecule has 0 spiro atoms. The lowest BCUT2D eigenvalue weighted by atomic mass is 9.85. The first-order valence-corrected chi connectivity index (χ1v) is 12.5. The van der Waals surface area contributed by atoms with Gasteiger partial charge in [-0.25, -0.2) is 13.1 Å². The summed E-state index contributed by atoms with van der Waals surface area (Å²) >= 11 is 0. The van der Waals surface area contributed by atoms with Gasteiger partial charge in [0.2, 0.25) is 10.0 Å². The molecule has 0 bridgehead atoms. The highest BCUT2D eigenvalue weighted by Crippen LogP contribution is 2.36. The zero-order chi connectivity index (χ0) is 23.8. The average Bonchev–Trinajstić information content (AvgIpc) is 3.12. The predicted octanol–water partition coefficient (Wildman–Crippen LogP) is 3.80. The van der Waals surface area contributed by atoms with E-state index in [1.54, 1.807) is 49.8 Å². The lowest BCUT2D eigenvalue weighted by molar-refractivity contribution is 0.277. The Morgan fingerprint density at radius 3 is 2.52 bits per heavy atom. The number of fused-ring (bicyclic) bond motifs is 1. The third-order valence-corrected chi connectivity index (χ3v) is 7.48. The molecular weight excluding hydrogens is 440 g/mol. The third-order valence-electron chi connectivity index (χ3n) is 5.71. The van der Waals surface area contributed by atoms with Crippen molar-refractivity contribution < 1.29 is 8.42 Å². The van der Waals surface area contributed by atoms with Crippen LogP contribution >= 0.6 is 0 Å². The monoisotopic (exact) mass is 468 g/mol. The van der Waals surface area contributed by atoms with Crippen LogP contribution in [0.1, 0.15) is 52.5 Å². The van der Waals surface area contributed by atoms with E-state index in [2.05, 4.69) is 21.1 Å². The summed E-state index contributed by atoms with van der Waals surface area (Å²) in [7, 11) is -3.65. The van der Waals surface area contributed by atoms with Gasteiger partial charge >= 0.3 is 0 Å². The third kappa shape index (κ3) is 4.79. The molecule has 2 aromatic heterocycles. The fraction of sp³-hybridized carbons (Fsp3) is 0.435. The highest BCUT2D eigenvalue weighted by molar-refractivity contribution is 7.89. The number of nitriles is 1. The second-order valence-corrected chi connectivity index (χ2v) is 11.1. The minimum Gasteiger partial charge on any atom is -0.338 e. The Hall–Kier alpha value is -3.16. The van der Waals surface area contributed by atoms with Crippen molar-refractivity contribution >= 4 is 32.4 Å². The number of hydrogen-bond acceptors (Lipinski definition) is 6. The first-order valence-electron chi connectivity index (χ1n) is 11.0. The standard InChI is InChI=1S/C23H28N6O3S/c1-23(2,3)28-33(31,32)17-10-8-16(9-11-17)26-21-20-19(12-13-25-22(20)30)29(27-21)18-7-5-4-6-15(18)14-24/h8-13,15,18,28H,4-7H2,1-3H3,(H,25,30)(H,26,27). The van der Waals surface area contributed by atoms with Gasteiger partial charge in [-0.15, -0.1) is 0 Å². The molecule has 4 rings (SSSR count). The van der Waals surface area contributed by atoms with E-state index < -0.39 is 15.6 Å². The second kappa shape index (κ2) is 8.65. The molecule has 9 nitrogen and oxygen atoms in total. The number of pyridine rings is 1. The predicted molar refractivity (Wildman–Crippen MR) is 127 cm³/mol. The number of benzene rings is 1. The minimum absolute atomic E-state index is 0.0976. The molecular formula is C23H28N6O3S. The lowest BCUT2D eigenvalue weighted by Gasteiger charge is -2.27. The topological polar surface area (TPSA) is 133 Å². The first-order chi connectivity index (χ1) is 15.6. The van der Waals surface area contributed by atoms with E-state index in [1.807, 2.05) is 0 Å². The summed E-state index contributed by atoms with van der Waals surface area (Å²) in [5.41, 5.74) is 0.393. The maximum Gasteiger partial charge on any atom is 0.261 e. The molecule has 1 aromatic carbocycles. The number of sulfonamides is 1. The van der Waals surface area contributed by atoms with Crippen molar-refractivity contribution in [2.75, 3.05) is 5.32 Å². The number of hydrogen-bond donors (Lipinski definition) is 3. The molecule has 174 valence electrons. The van der Waals surface area contributed by atoms with E-state index in [4.69, 9.17) is 5.10 Å². The molecule has 3 N–H and O–H groups in total. The van der Waals surface area contributed by atoms with Crippen LogP contribution in [0.2, 0.25) is 0 Å². The number of aromatic amines is 1. The van der Waals surface area contributed by atoms with E-state index in [0.717, 1.165) is 25.7 Å². The second-order valence-electron chi connectivity index (χ2n) is 9.45. The van der Waals surface area contributed by atoms with Gasteiger partial charge < -0.3 is 10.3 Å². The zero-order valence-electron chi connectivity index (χ0n) is 18.9. The molecule has 10 heteroatoms. The summed E-state index contributed by atoms with van der Waals surface area (Å²) in [6.45, 7) is 5.34. The molecule has 0 saturated heterocycles. The van der Waals surface area contributed by atoms with Crippen molar-refractivity contribution in [3.8, 4) is 6.07 Å². The van der Waals surface area contributed by atoms with Crippen LogP contribution in [0.4, 0.5) is 11.5 Å². The van der Waals surface area contributed by atoms with Crippen molar-refractivity contribution in [2.45, 2.75) is 62.9 Å². The smallest absolute Gasteiger partial charge is 0.261 e. The zero-order valence-corrected chi connectivity index (χ0v) is 19.7. The van der Waals surface area contributed by atoms with Gasteiger partial charge in [-0.2, -0.15) is 10.4 Å². The lowest BCUT2D eigenvalue weighted by Crippen LogP contribution is -2.40. The van der Waals surface area contributed by atoms with Crippen LogP contribution in [-0.2, 0) is 10.0 Å². The van der Waals surface area contributed by atoms with Gasteiger partial charge in [0.05, 0.1) is 28.4 Å². The van der Waals surface area contributed by atoms with Crippen LogP contribution in [0.15, 0.2) is 46.2 Å². The van der Waals surface area contributed by atoms with Crippen molar-refractivity contribution in [2.24, 2.45) is 5.92 Å². The van der Waals surface area contributed by atoms with Crippen molar-refractivity contribution in [1.29, 1.82) is 5.26 Å².